The molecule has 1 aromatic heterocycles. The third-order valence-electron chi connectivity index (χ3n) is 5.55. The fourth-order valence-corrected chi connectivity index (χ4v) is 3.55. The summed E-state index contributed by atoms with van der Waals surface area (Å²) >= 11 is 0. The van der Waals surface area contributed by atoms with Crippen molar-refractivity contribution < 1.29 is 48.8 Å². The maximum atomic E-state index is 13.7. The Morgan fingerprint density at radius 2 is 1.68 bits per heavy atom. The van der Waals surface area contributed by atoms with Crippen molar-refractivity contribution in [2.24, 2.45) is 0 Å². The largest absolute Gasteiger partial charge is 0.417 e. The zero-order valence-electron chi connectivity index (χ0n) is 18.9. The molecule has 14 heteroatoms. The van der Waals surface area contributed by atoms with Crippen molar-refractivity contribution in [1.82, 2.24) is 15.5 Å². The minimum Gasteiger partial charge on any atom is -0.339 e. The molecule has 1 saturated carbocycles. The number of benzene rings is 2. The maximum absolute atomic E-state index is 13.7. The maximum Gasteiger partial charge on any atom is 0.417 e. The predicted octanol–water partition coefficient (Wildman–Crippen LogP) is 7.08. The molecule has 1 aliphatic carbocycles. The van der Waals surface area contributed by atoms with Gasteiger partial charge in [0.05, 0.1) is 11.1 Å². The highest BCUT2D eigenvalue weighted by Crippen LogP contribution is 2.41. The van der Waals surface area contributed by atoms with Gasteiger partial charge in [-0.05, 0) is 54.3 Å². The van der Waals surface area contributed by atoms with Crippen LogP contribution in [0.25, 0.3) is 17.5 Å². The van der Waals surface area contributed by atoms with Crippen LogP contribution in [-0.4, -0.2) is 22.2 Å². The molecule has 3 aromatic rings. The van der Waals surface area contributed by atoms with Gasteiger partial charge < -0.3 is 9.84 Å². The van der Waals surface area contributed by atoms with Crippen LogP contribution in [0.2, 0.25) is 0 Å². The van der Waals surface area contributed by atoms with Crippen molar-refractivity contribution in [3.8, 4) is 11.4 Å². The van der Waals surface area contributed by atoms with Crippen LogP contribution in [0.1, 0.15) is 52.9 Å². The van der Waals surface area contributed by atoms with Gasteiger partial charge >= 0.3 is 18.5 Å². The smallest absolute Gasteiger partial charge is 0.339 e. The summed E-state index contributed by atoms with van der Waals surface area (Å²) in [6, 6.07) is 2.40. The zero-order chi connectivity index (χ0) is 27.9. The van der Waals surface area contributed by atoms with Crippen molar-refractivity contribution in [2.45, 2.75) is 43.3 Å². The number of alkyl halides is 9. The molecule has 2 aromatic carbocycles. The lowest BCUT2D eigenvalue weighted by Gasteiger charge is -2.22. The van der Waals surface area contributed by atoms with Crippen LogP contribution in [-0.2, 0) is 17.1 Å². The van der Waals surface area contributed by atoms with Gasteiger partial charge in [-0.2, -0.15) is 44.5 Å². The number of hydrogen-bond acceptors (Lipinski definition) is 4. The second kappa shape index (κ2) is 9.80. The molecule has 1 heterocycles. The standard InChI is InChI=1S/C24H16F9N3O2/c25-22(26,27)15-3-1-2-14(11-15)19(24(31,32)33)34-18(37)9-5-12-4-8-16(17(10-12)23(28,29)30)20-35-21(38-36-20)13-6-7-13/h1-5,8-11,13,19H,6-7H2,(H,34,37)/b9-5+. The number of rotatable bonds is 6. The minimum absolute atomic E-state index is 0.00256. The molecule has 1 unspecified atom stereocenters. The summed E-state index contributed by atoms with van der Waals surface area (Å²) in [6.45, 7) is 0. The van der Waals surface area contributed by atoms with Crippen LogP contribution in [0.4, 0.5) is 39.5 Å². The van der Waals surface area contributed by atoms with Gasteiger partial charge in [-0.3, -0.25) is 4.79 Å². The molecule has 0 saturated heterocycles. The number of amides is 1. The average Bonchev–Trinajstić information content (AvgIpc) is 3.56. The normalized spacial score (nSPS) is 15.6. The van der Waals surface area contributed by atoms with E-state index in [1.165, 1.54) is 0 Å². The number of carbonyl (C=O) groups is 1. The fourth-order valence-electron chi connectivity index (χ4n) is 3.55. The van der Waals surface area contributed by atoms with Gasteiger partial charge in [-0.1, -0.05) is 23.4 Å². The molecule has 1 aliphatic rings. The molecule has 38 heavy (non-hydrogen) atoms. The Labute approximate surface area is 208 Å². The van der Waals surface area contributed by atoms with Crippen molar-refractivity contribution in [1.29, 1.82) is 0 Å². The van der Waals surface area contributed by atoms with Crippen molar-refractivity contribution in [3.05, 3.63) is 76.7 Å². The first-order chi connectivity index (χ1) is 17.6. The third kappa shape index (κ3) is 6.34. The van der Waals surface area contributed by atoms with Crippen molar-refractivity contribution in [3.63, 3.8) is 0 Å². The van der Waals surface area contributed by atoms with Crippen molar-refractivity contribution in [2.75, 3.05) is 0 Å². The molecular weight excluding hydrogens is 533 g/mol. The summed E-state index contributed by atoms with van der Waals surface area (Å²) in [6.07, 6.45) is -12.0. The van der Waals surface area contributed by atoms with Gasteiger partial charge in [0.15, 0.2) is 6.04 Å². The van der Waals surface area contributed by atoms with Gasteiger partial charge in [0, 0.05) is 17.6 Å². The highest BCUT2D eigenvalue weighted by atomic mass is 19.4. The Bertz CT molecular complexity index is 1350. The molecule has 1 N–H and O–H groups in total. The molecule has 0 aliphatic heterocycles. The Kier molecular flexibility index (Phi) is 7.01. The topological polar surface area (TPSA) is 68.0 Å². The Hall–Kier alpha value is -3.84. The number of halogens is 9. The summed E-state index contributed by atoms with van der Waals surface area (Å²) < 4.78 is 125. The quantitative estimate of drug-likeness (QED) is 0.264. The number of hydrogen-bond donors (Lipinski definition) is 1. The number of nitrogens with one attached hydrogen (secondary N) is 1. The highest BCUT2D eigenvalue weighted by molar-refractivity contribution is 5.92. The Balaban J connectivity index is 1.56. The van der Waals surface area contributed by atoms with Crippen LogP contribution in [0.3, 0.4) is 0 Å². The summed E-state index contributed by atoms with van der Waals surface area (Å²) in [7, 11) is 0. The molecule has 0 spiro atoms. The SMILES string of the molecule is O=C(/C=C/c1ccc(-c2noc(C3CC3)n2)c(C(F)(F)F)c1)NC(c1cccc(C(F)(F)F)c1)C(F)(F)F. The van der Waals surface area contributed by atoms with Crippen LogP contribution in [0.5, 0.6) is 0 Å². The summed E-state index contributed by atoms with van der Waals surface area (Å²) in [5, 5.41) is 5.14. The molecule has 1 amide bonds. The molecule has 1 atom stereocenters. The van der Waals surface area contributed by atoms with E-state index in [1.54, 1.807) is 5.32 Å². The first-order valence-corrected chi connectivity index (χ1v) is 10.9. The molecular formula is C24H16F9N3O2. The second-order valence-electron chi connectivity index (χ2n) is 8.47. The van der Waals surface area contributed by atoms with Crippen LogP contribution >= 0.6 is 0 Å². The van der Waals surface area contributed by atoms with E-state index in [9.17, 15) is 44.3 Å². The first kappa shape index (κ1) is 27.2. The molecule has 1 fully saturated rings. The Morgan fingerprint density at radius 1 is 0.974 bits per heavy atom. The van der Waals surface area contributed by atoms with Crippen LogP contribution in [0, 0.1) is 0 Å². The molecule has 5 nitrogen and oxygen atoms in total. The third-order valence-corrected chi connectivity index (χ3v) is 5.55. The van der Waals surface area contributed by atoms with E-state index in [0.29, 0.717) is 18.2 Å². The fraction of sp³-hybridized carbons (Fsp3) is 0.292. The lowest BCUT2D eigenvalue weighted by atomic mass is 10.0. The number of aromatic nitrogens is 2. The summed E-state index contributed by atoms with van der Waals surface area (Å²) in [5.74, 6) is -1.47. The van der Waals surface area contributed by atoms with Gasteiger partial charge in [-0.25, -0.2) is 0 Å². The zero-order valence-corrected chi connectivity index (χ0v) is 18.9. The van der Waals surface area contributed by atoms with Gasteiger partial charge in [0.1, 0.15) is 0 Å². The van der Waals surface area contributed by atoms with E-state index in [1.807, 2.05) is 0 Å². The minimum atomic E-state index is -5.16. The molecule has 0 bridgehead atoms. The molecule has 4 rings (SSSR count). The van der Waals surface area contributed by atoms with E-state index in [0.717, 1.165) is 43.2 Å². The van der Waals surface area contributed by atoms with Gasteiger partial charge in [0.25, 0.3) is 0 Å². The van der Waals surface area contributed by atoms with E-state index in [2.05, 4.69) is 10.1 Å². The van der Waals surface area contributed by atoms with E-state index in [4.69, 9.17) is 4.52 Å². The monoisotopic (exact) mass is 549 g/mol. The Morgan fingerprint density at radius 3 is 2.29 bits per heavy atom. The predicted molar refractivity (Wildman–Crippen MR) is 114 cm³/mol. The van der Waals surface area contributed by atoms with Crippen LogP contribution in [0.15, 0.2) is 53.1 Å². The second-order valence-corrected chi connectivity index (χ2v) is 8.47. The molecule has 0 radical (unpaired) electrons. The van der Waals surface area contributed by atoms with E-state index < -0.39 is 52.7 Å². The van der Waals surface area contributed by atoms with Gasteiger partial charge in [-0.15, -0.1) is 0 Å². The highest BCUT2D eigenvalue weighted by Gasteiger charge is 2.43. The summed E-state index contributed by atoms with van der Waals surface area (Å²) in [4.78, 5) is 16.2. The number of carbonyl (C=O) groups excluding carboxylic acids is 1. The van der Waals surface area contributed by atoms with E-state index in [-0.39, 0.29) is 29.3 Å². The lowest BCUT2D eigenvalue weighted by Crippen LogP contribution is -2.37. The van der Waals surface area contributed by atoms with Crippen molar-refractivity contribution >= 4 is 12.0 Å². The first-order valence-electron chi connectivity index (χ1n) is 10.9. The average molecular weight is 549 g/mol. The summed E-state index contributed by atoms with van der Waals surface area (Å²) in [5.41, 5.74) is -3.97. The van der Waals surface area contributed by atoms with Gasteiger partial charge in [0.2, 0.25) is 17.6 Å². The lowest BCUT2D eigenvalue weighted by molar-refractivity contribution is -0.162. The van der Waals surface area contributed by atoms with Crippen LogP contribution < -0.4 is 5.32 Å². The molecule has 202 valence electrons. The number of nitrogens with zero attached hydrogens (tertiary/aromatic N) is 2. The van der Waals surface area contributed by atoms with E-state index >= 15 is 0 Å².